The van der Waals surface area contributed by atoms with Crippen LogP contribution in [0.4, 0.5) is 10.7 Å². The van der Waals surface area contributed by atoms with Crippen LogP contribution >= 0.6 is 0 Å². The van der Waals surface area contributed by atoms with Crippen LogP contribution in [0.15, 0.2) is 53.4 Å². The Hall–Kier alpha value is -4.23. The number of nitrogens with zero attached hydrogens (tertiary/aromatic N) is 4. The molecule has 6 bridgehead atoms. The molecule has 6 rings (SSSR count). The molecular weight excluding hydrogens is 657 g/mol. The fraction of sp³-hybridized carbons (Fsp3) is 0.514. The molecule has 0 radical (unpaired) electrons. The van der Waals surface area contributed by atoms with E-state index in [1.807, 2.05) is 62.7 Å². The number of hydrogen-bond acceptors (Lipinski definition) is 9. The van der Waals surface area contributed by atoms with Gasteiger partial charge in [-0.3, -0.25) is 10.2 Å². The summed E-state index contributed by atoms with van der Waals surface area (Å²) in [4.78, 5) is 38.3. The molecule has 2 fully saturated rings. The lowest BCUT2D eigenvalue weighted by Gasteiger charge is -2.58. The van der Waals surface area contributed by atoms with Crippen LogP contribution in [-0.2, 0) is 14.8 Å². The predicted molar refractivity (Wildman–Crippen MR) is 190 cm³/mol. The predicted octanol–water partition coefficient (Wildman–Crippen LogP) is 5.96. The second-order valence-electron chi connectivity index (χ2n) is 16.0. The van der Waals surface area contributed by atoms with Gasteiger partial charge in [-0.15, -0.1) is 0 Å². The van der Waals surface area contributed by atoms with Gasteiger partial charge in [0.25, 0.3) is 15.9 Å². The van der Waals surface area contributed by atoms with Crippen LogP contribution in [0.25, 0.3) is 11.3 Å². The van der Waals surface area contributed by atoms with Crippen LogP contribution in [0.5, 0.6) is 5.88 Å². The first-order valence-corrected chi connectivity index (χ1v) is 18.6. The van der Waals surface area contributed by atoms with Gasteiger partial charge in [-0.2, -0.15) is 4.98 Å². The van der Waals surface area contributed by atoms with Crippen LogP contribution in [0.1, 0.15) is 75.9 Å². The van der Waals surface area contributed by atoms with E-state index in [0.717, 1.165) is 23.1 Å². The van der Waals surface area contributed by atoms with Crippen molar-refractivity contribution in [3.8, 4) is 17.1 Å². The first kappa shape index (κ1) is 35.6. The second-order valence-corrected chi connectivity index (χ2v) is 17.7. The third-order valence-corrected chi connectivity index (χ3v) is 10.7. The second kappa shape index (κ2) is 13.1. The van der Waals surface area contributed by atoms with E-state index in [-0.39, 0.29) is 64.1 Å². The average molecular weight is 705 g/mol. The van der Waals surface area contributed by atoms with Gasteiger partial charge in [-0.25, -0.2) is 27.9 Å². The number of ether oxygens (including phenoxy) is 2. The first-order valence-electron chi connectivity index (χ1n) is 17.2. The van der Waals surface area contributed by atoms with Gasteiger partial charge in [0, 0.05) is 36.3 Å². The molecule has 3 aromatic rings. The lowest BCUT2D eigenvalue weighted by molar-refractivity contribution is -0.0979. The Balaban J connectivity index is 1.41. The Labute approximate surface area is 295 Å². The van der Waals surface area contributed by atoms with Crippen molar-refractivity contribution >= 4 is 28.0 Å². The largest absolute Gasteiger partial charge is 0.475 e. The van der Waals surface area contributed by atoms with Gasteiger partial charge >= 0.3 is 6.09 Å². The number of amides is 2. The Morgan fingerprint density at radius 3 is 2.30 bits per heavy atom. The number of fused-ring (bicyclic) bond motifs is 6. The van der Waals surface area contributed by atoms with Crippen LogP contribution in [-0.4, -0.2) is 77.7 Å². The number of carbonyl (C=O) groups is 2. The maximum atomic E-state index is 14.7. The van der Waals surface area contributed by atoms with Crippen LogP contribution in [0, 0.1) is 31.1 Å². The van der Waals surface area contributed by atoms with E-state index >= 15 is 0 Å². The van der Waals surface area contributed by atoms with Gasteiger partial charge < -0.3 is 14.4 Å². The summed E-state index contributed by atoms with van der Waals surface area (Å²) in [5.74, 6) is -0.0386. The number of anilines is 1. The number of hydrazine groups is 1. The fourth-order valence-corrected chi connectivity index (χ4v) is 8.51. The van der Waals surface area contributed by atoms with Gasteiger partial charge in [0.15, 0.2) is 0 Å². The number of rotatable bonds is 4. The first-order chi connectivity index (χ1) is 23.4. The third kappa shape index (κ3) is 7.73. The Morgan fingerprint density at radius 2 is 1.66 bits per heavy atom. The molecule has 268 valence electrons. The molecule has 13 heteroatoms. The molecule has 12 nitrogen and oxygen atoms in total. The Kier molecular flexibility index (Phi) is 9.36. The van der Waals surface area contributed by atoms with Gasteiger partial charge in [0.2, 0.25) is 11.8 Å². The van der Waals surface area contributed by atoms with Crippen LogP contribution in [0.2, 0.25) is 0 Å². The lowest BCUT2D eigenvalue weighted by Crippen LogP contribution is -2.69. The molecule has 2 N–H and O–H groups in total. The summed E-state index contributed by atoms with van der Waals surface area (Å²) < 4.78 is 42.0. The quantitative estimate of drug-likeness (QED) is 0.336. The molecule has 1 saturated carbocycles. The zero-order valence-corrected chi connectivity index (χ0v) is 30.9. The van der Waals surface area contributed by atoms with E-state index in [1.165, 1.54) is 12.1 Å². The summed E-state index contributed by atoms with van der Waals surface area (Å²) in [5.41, 5.74) is 5.68. The topological polar surface area (TPSA) is 143 Å². The van der Waals surface area contributed by atoms with E-state index in [9.17, 15) is 18.0 Å². The molecule has 2 aromatic carbocycles. The van der Waals surface area contributed by atoms with Crippen molar-refractivity contribution in [2.45, 2.75) is 90.8 Å². The number of hydrogen-bond donors (Lipinski definition) is 2. The van der Waals surface area contributed by atoms with E-state index < -0.39 is 21.7 Å². The number of aryl methyl sites for hydroxylation is 2. The van der Waals surface area contributed by atoms with Gasteiger partial charge in [-0.1, -0.05) is 45.0 Å². The summed E-state index contributed by atoms with van der Waals surface area (Å²) in [5, 5.41) is 1.88. The van der Waals surface area contributed by atoms with E-state index in [2.05, 4.69) is 40.9 Å². The van der Waals surface area contributed by atoms with Crippen LogP contribution < -0.4 is 14.9 Å². The van der Waals surface area contributed by atoms with Gasteiger partial charge in [-0.05, 0) is 94.0 Å². The third-order valence-electron chi connectivity index (χ3n) is 9.41. The Bertz CT molecular complexity index is 1870. The van der Waals surface area contributed by atoms with Crippen molar-refractivity contribution < 1.29 is 27.5 Å². The average Bonchev–Trinajstić information content (AvgIpc) is 2.99. The van der Waals surface area contributed by atoms with Crippen molar-refractivity contribution in [3.05, 3.63) is 65.2 Å². The standard InChI is InChI=1S/C37H48N6O6S/c1-22-11-9-12-23(2)31(22)29-17-30-39-34(38-29)41-50(46,47)28-14-10-13-24(16-28)33(44)43(27(21-48-30)18-36(3,4)5)32-25-15-26(32)20-42(19-25)40-35(45)49-37(6,7)8/h9-14,16-17,25-27,32H,15,18-21H2,1-8H3,(H,40,45)(H,38,39,41)/t25-,26+,27-,32?/m1/s1. The molecular formula is C37H48N6O6S. The number of benzene rings is 2. The van der Waals surface area contributed by atoms with Crippen LogP contribution in [0.3, 0.4) is 0 Å². The zero-order valence-electron chi connectivity index (χ0n) is 30.1. The number of piperidine rings is 2. The van der Waals surface area contributed by atoms with Crippen molar-refractivity contribution in [2.75, 3.05) is 24.4 Å². The van der Waals surface area contributed by atoms with Crippen molar-refractivity contribution in [1.82, 2.24) is 25.3 Å². The molecule has 3 heterocycles. The lowest BCUT2D eigenvalue weighted by atomic mass is 9.65. The molecule has 50 heavy (non-hydrogen) atoms. The maximum Gasteiger partial charge on any atom is 0.422 e. The fourth-order valence-electron chi connectivity index (χ4n) is 7.52. The highest BCUT2D eigenvalue weighted by atomic mass is 32.2. The summed E-state index contributed by atoms with van der Waals surface area (Å²) in [6, 6.07) is 13.2. The SMILES string of the molecule is Cc1cccc(C)c1-c1cc2nc(n1)NS(=O)(=O)c1cccc(c1)C(=O)N(C1[C@@H]3C[C@H]1CN(NC(=O)OC(C)(C)C)C3)[C@H](CC(C)(C)C)CO2. The molecule has 1 aliphatic carbocycles. The molecule has 2 amide bonds. The smallest absolute Gasteiger partial charge is 0.422 e. The highest BCUT2D eigenvalue weighted by Crippen LogP contribution is 2.45. The van der Waals surface area contributed by atoms with E-state index in [4.69, 9.17) is 9.47 Å². The summed E-state index contributed by atoms with van der Waals surface area (Å²) in [6.07, 6.45) is 1.01. The highest BCUT2D eigenvalue weighted by molar-refractivity contribution is 7.92. The van der Waals surface area contributed by atoms with Gasteiger partial charge in [0.05, 0.1) is 16.6 Å². The molecule has 1 unspecified atom stereocenters. The minimum atomic E-state index is -4.18. The Morgan fingerprint density at radius 1 is 1.00 bits per heavy atom. The van der Waals surface area contributed by atoms with E-state index in [0.29, 0.717) is 25.2 Å². The number of nitrogens with one attached hydrogen (secondary N) is 2. The molecule has 1 saturated heterocycles. The molecule has 2 aliphatic heterocycles. The molecule has 3 aliphatic rings. The normalized spacial score (nSPS) is 23.6. The summed E-state index contributed by atoms with van der Waals surface area (Å²) in [6.45, 7) is 17.0. The highest BCUT2D eigenvalue weighted by Gasteiger charge is 2.53. The molecule has 0 spiro atoms. The molecule has 4 atom stereocenters. The van der Waals surface area contributed by atoms with Crippen molar-refractivity contribution in [3.63, 3.8) is 0 Å². The van der Waals surface area contributed by atoms with Crippen molar-refractivity contribution in [1.29, 1.82) is 0 Å². The minimum absolute atomic E-state index is 0.0694. The summed E-state index contributed by atoms with van der Waals surface area (Å²) in [7, 11) is -4.18. The van der Waals surface area contributed by atoms with Crippen molar-refractivity contribution in [2.24, 2.45) is 17.3 Å². The minimum Gasteiger partial charge on any atom is -0.475 e. The van der Waals surface area contributed by atoms with E-state index in [1.54, 1.807) is 18.2 Å². The number of carbonyl (C=O) groups excluding carboxylic acids is 2. The van der Waals surface area contributed by atoms with Gasteiger partial charge in [0.1, 0.15) is 12.2 Å². The number of sulfonamides is 1. The number of aromatic nitrogens is 2. The molecule has 1 aromatic heterocycles. The maximum absolute atomic E-state index is 14.7. The monoisotopic (exact) mass is 704 g/mol. The summed E-state index contributed by atoms with van der Waals surface area (Å²) >= 11 is 0. The zero-order chi connectivity index (χ0) is 36.2.